The summed E-state index contributed by atoms with van der Waals surface area (Å²) in [6, 6.07) is 12.3. The molecule has 0 saturated heterocycles. The van der Waals surface area contributed by atoms with E-state index in [1.54, 1.807) is 6.07 Å². The average Bonchev–Trinajstić information content (AvgIpc) is 3.21. The minimum Gasteiger partial charge on any atom is -0.290 e. The van der Waals surface area contributed by atoms with Crippen molar-refractivity contribution in [1.82, 2.24) is 15.0 Å². The first-order valence-corrected chi connectivity index (χ1v) is 11.2. The van der Waals surface area contributed by atoms with Crippen molar-refractivity contribution in [2.24, 2.45) is 0 Å². The molecule has 0 unspecified atom stereocenters. The lowest BCUT2D eigenvalue weighted by Gasteiger charge is -2.19. The van der Waals surface area contributed by atoms with Crippen LogP contribution in [0.4, 0.5) is 5.95 Å². The molecule has 2 aromatic heterocycles. The molecular formula is C21H24N4OS2. The normalized spacial score (nSPS) is 11.4. The van der Waals surface area contributed by atoms with Crippen molar-refractivity contribution < 1.29 is 4.79 Å². The van der Waals surface area contributed by atoms with Crippen LogP contribution in [0.3, 0.4) is 0 Å². The fourth-order valence-corrected chi connectivity index (χ4v) is 3.65. The van der Waals surface area contributed by atoms with Crippen LogP contribution in [0.15, 0.2) is 46.9 Å². The second-order valence-corrected chi connectivity index (χ2v) is 9.16. The maximum absolute atomic E-state index is 12.3. The van der Waals surface area contributed by atoms with Crippen molar-refractivity contribution in [1.29, 1.82) is 0 Å². The third-order valence-electron chi connectivity index (χ3n) is 4.27. The van der Waals surface area contributed by atoms with E-state index in [4.69, 9.17) is 0 Å². The van der Waals surface area contributed by atoms with Gasteiger partial charge in [-0.05, 0) is 40.7 Å². The van der Waals surface area contributed by atoms with E-state index in [0.717, 1.165) is 6.42 Å². The van der Waals surface area contributed by atoms with Crippen molar-refractivity contribution in [3.8, 4) is 0 Å². The van der Waals surface area contributed by atoms with Crippen LogP contribution in [0.1, 0.15) is 47.4 Å². The Balaban J connectivity index is 1.70. The Hall–Kier alpha value is -2.25. The van der Waals surface area contributed by atoms with Gasteiger partial charge in [0.1, 0.15) is 5.82 Å². The zero-order chi connectivity index (χ0) is 20.1. The Morgan fingerprint density at radius 2 is 1.82 bits per heavy atom. The maximum atomic E-state index is 12.3. The molecule has 3 rings (SSSR count). The van der Waals surface area contributed by atoms with Gasteiger partial charge in [0.15, 0.2) is 5.16 Å². The highest BCUT2D eigenvalue weighted by Crippen LogP contribution is 2.22. The zero-order valence-corrected chi connectivity index (χ0v) is 18.2. The number of aromatic nitrogens is 3. The molecule has 0 spiro atoms. The number of hydrogen-bond acceptors (Lipinski definition) is 6. The standard InChI is InChI=1S/C21H24N4OS2/c1-21(2,3)15-10-7-14(8-11-15)9-12-17-22-19(25-20(23-17)27-4)24-18(26)16-6-5-13-28-16/h5-8,10-11,13H,9,12H2,1-4H3,(H,22,23,24,25,26). The van der Waals surface area contributed by atoms with E-state index in [0.29, 0.717) is 28.2 Å². The topological polar surface area (TPSA) is 67.8 Å². The molecule has 5 nitrogen and oxygen atoms in total. The molecule has 3 aromatic rings. The summed E-state index contributed by atoms with van der Waals surface area (Å²) in [5.74, 6) is 0.786. The highest BCUT2D eigenvalue weighted by atomic mass is 32.2. The summed E-state index contributed by atoms with van der Waals surface area (Å²) in [5.41, 5.74) is 2.71. The van der Waals surface area contributed by atoms with Gasteiger partial charge in [0.25, 0.3) is 5.91 Å². The highest BCUT2D eigenvalue weighted by molar-refractivity contribution is 7.98. The van der Waals surface area contributed by atoms with E-state index >= 15 is 0 Å². The summed E-state index contributed by atoms with van der Waals surface area (Å²) in [6.07, 6.45) is 3.43. The number of anilines is 1. The lowest BCUT2D eigenvalue weighted by Crippen LogP contribution is -2.15. The first-order valence-electron chi connectivity index (χ1n) is 9.08. The number of thiophene rings is 1. The van der Waals surface area contributed by atoms with Gasteiger partial charge < -0.3 is 0 Å². The van der Waals surface area contributed by atoms with Crippen LogP contribution in [0.2, 0.25) is 0 Å². The Kier molecular flexibility index (Phi) is 6.46. The number of rotatable bonds is 6. The third-order valence-corrected chi connectivity index (χ3v) is 5.69. The number of amides is 1. The van der Waals surface area contributed by atoms with Crippen molar-refractivity contribution in [3.63, 3.8) is 0 Å². The van der Waals surface area contributed by atoms with Crippen LogP contribution in [-0.2, 0) is 18.3 Å². The first-order chi connectivity index (χ1) is 13.3. The molecule has 1 amide bonds. The SMILES string of the molecule is CSc1nc(CCc2ccc(C(C)(C)C)cc2)nc(NC(=O)c2cccs2)n1. The minimum absolute atomic E-state index is 0.148. The highest BCUT2D eigenvalue weighted by Gasteiger charge is 2.14. The molecule has 28 heavy (non-hydrogen) atoms. The molecule has 0 radical (unpaired) electrons. The molecule has 146 valence electrons. The van der Waals surface area contributed by atoms with Gasteiger partial charge in [0.2, 0.25) is 5.95 Å². The molecule has 7 heteroatoms. The van der Waals surface area contributed by atoms with E-state index in [1.165, 1.54) is 34.2 Å². The predicted molar refractivity (Wildman–Crippen MR) is 116 cm³/mol. The number of benzene rings is 1. The van der Waals surface area contributed by atoms with Gasteiger partial charge >= 0.3 is 0 Å². The molecule has 0 aliphatic rings. The van der Waals surface area contributed by atoms with E-state index < -0.39 is 0 Å². The third kappa shape index (κ3) is 5.39. The number of nitrogens with zero attached hydrogens (tertiary/aromatic N) is 3. The molecule has 0 aliphatic carbocycles. The quantitative estimate of drug-likeness (QED) is 0.578. The molecule has 2 heterocycles. The van der Waals surface area contributed by atoms with Gasteiger partial charge in [0.05, 0.1) is 4.88 Å². The fraction of sp³-hybridized carbons (Fsp3) is 0.333. The Labute approximate surface area is 174 Å². The molecular weight excluding hydrogens is 388 g/mol. The van der Waals surface area contributed by atoms with Crippen molar-refractivity contribution in [2.75, 3.05) is 11.6 Å². The lowest BCUT2D eigenvalue weighted by atomic mass is 9.86. The summed E-state index contributed by atoms with van der Waals surface area (Å²) in [5, 5.41) is 5.25. The molecule has 1 N–H and O–H groups in total. The summed E-state index contributed by atoms with van der Waals surface area (Å²) < 4.78 is 0. The van der Waals surface area contributed by atoms with Gasteiger partial charge in [0, 0.05) is 6.42 Å². The van der Waals surface area contributed by atoms with Crippen LogP contribution < -0.4 is 5.32 Å². The summed E-state index contributed by atoms with van der Waals surface area (Å²) in [6.45, 7) is 6.63. The van der Waals surface area contributed by atoms with Gasteiger partial charge in [-0.1, -0.05) is 62.9 Å². The minimum atomic E-state index is -0.197. The van der Waals surface area contributed by atoms with Crippen molar-refractivity contribution in [2.45, 2.75) is 44.2 Å². The monoisotopic (exact) mass is 412 g/mol. The van der Waals surface area contributed by atoms with Crippen molar-refractivity contribution in [3.05, 3.63) is 63.6 Å². The van der Waals surface area contributed by atoms with E-state index in [9.17, 15) is 4.79 Å². The van der Waals surface area contributed by atoms with Crippen LogP contribution in [0.25, 0.3) is 0 Å². The lowest BCUT2D eigenvalue weighted by molar-refractivity contribution is 0.102. The summed E-state index contributed by atoms with van der Waals surface area (Å²) >= 11 is 2.82. The summed E-state index contributed by atoms with van der Waals surface area (Å²) in [7, 11) is 0. The van der Waals surface area contributed by atoms with Crippen LogP contribution in [0.5, 0.6) is 0 Å². The molecule has 0 atom stereocenters. The Morgan fingerprint density at radius 3 is 2.43 bits per heavy atom. The number of aryl methyl sites for hydroxylation is 2. The first kappa shape index (κ1) is 20.5. The van der Waals surface area contributed by atoms with Crippen molar-refractivity contribution >= 4 is 35.0 Å². The molecule has 0 aliphatic heterocycles. The van der Waals surface area contributed by atoms with Gasteiger partial charge in [-0.25, -0.2) is 4.98 Å². The smallest absolute Gasteiger partial charge is 0.268 e. The number of carbonyl (C=O) groups is 1. The fourth-order valence-electron chi connectivity index (χ4n) is 2.66. The molecule has 1 aromatic carbocycles. The number of thioether (sulfide) groups is 1. The van der Waals surface area contributed by atoms with Crippen LogP contribution >= 0.6 is 23.1 Å². The van der Waals surface area contributed by atoms with Crippen LogP contribution in [0, 0.1) is 0 Å². The average molecular weight is 413 g/mol. The number of nitrogens with one attached hydrogen (secondary N) is 1. The molecule has 0 fully saturated rings. The molecule has 0 bridgehead atoms. The Bertz CT molecular complexity index is 932. The second-order valence-electron chi connectivity index (χ2n) is 7.44. The number of hydrogen-bond donors (Lipinski definition) is 1. The largest absolute Gasteiger partial charge is 0.290 e. The van der Waals surface area contributed by atoms with Gasteiger partial charge in [-0.3, -0.25) is 10.1 Å². The second kappa shape index (κ2) is 8.84. The van der Waals surface area contributed by atoms with Gasteiger partial charge in [-0.15, -0.1) is 11.3 Å². The zero-order valence-electron chi connectivity index (χ0n) is 16.5. The van der Waals surface area contributed by atoms with Gasteiger partial charge in [-0.2, -0.15) is 9.97 Å². The molecule has 0 saturated carbocycles. The van der Waals surface area contributed by atoms with E-state index in [-0.39, 0.29) is 11.3 Å². The van der Waals surface area contributed by atoms with E-state index in [1.807, 2.05) is 17.7 Å². The number of carbonyl (C=O) groups excluding carboxylic acids is 1. The van der Waals surface area contributed by atoms with Crippen LogP contribution in [-0.4, -0.2) is 27.1 Å². The van der Waals surface area contributed by atoms with E-state index in [2.05, 4.69) is 65.3 Å². The maximum Gasteiger partial charge on any atom is 0.268 e. The predicted octanol–water partition coefficient (Wildman–Crippen LogP) is 4.99. The summed E-state index contributed by atoms with van der Waals surface area (Å²) in [4.78, 5) is 26.1. The Morgan fingerprint density at radius 1 is 1.07 bits per heavy atom.